The van der Waals surface area contributed by atoms with E-state index in [1.54, 1.807) is 25.3 Å². The first-order valence-corrected chi connectivity index (χ1v) is 8.26. The molecule has 1 aromatic carbocycles. The SMILES string of the molecule is COc1cccc(C=O)c1OCCCCN1C[C@@H](C)O[C@H](C)C1. The van der Waals surface area contributed by atoms with Crippen LogP contribution in [0.1, 0.15) is 37.0 Å². The molecule has 1 heterocycles. The average Bonchev–Trinajstić information content (AvgIpc) is 2.53. The van der Waals surface area contributed by atoms with Crippen molar-refractivity contribution in [2.45, 2.75) is 38.9 Å². The molecule has 0 aromatic heterocycles. The number of benzene rings is 1. The van der Waals surface area contributed by atoms with E-state index in [1.165, 1.54) is 0 Å². The monoisotopic (exact) mass is 321 g/mol. The van der Waals surface area contributed by atoms with Crippen LogP contribution in [0.5, 0.6) is 11.5 Å². The minimum atomic E-state index is 0.304. The van der Waals surface area contributed by atoms with Crippen LogP contribution in [0.3, 0.4) is 0 Å². The Morgan fingerprint density at radius 2 is 2.00 bits per heavy atom. The molecule has 1 aromatic rings. The van der Waals surface area contributed by atoms with Crippen molar-refractivity contribution < 1.29 is 19.0 Å². The maximum absolute atomic E-state index is 11.1. The lowest BCUT2D eigenvalue weighted by atomic mass is 10.2. The van der Waals surface area contributed by atoms with Gasteiger partial charge in [-0.2, -0.15) is 0 Å². The predicted octanol–water partition coefficient (Wildman–Crippen LogP) is 2.78. The van der Waals surface area contributed by atoms with Gasteiger partial charge in [-0.05, 0) is 45.4 Å². The number of morpholine rings is 1. The molecule has 128 valence electrons. The van der Waals surface area contributed by atoms with E-state index in [-0.39, 0.29) is 0 Å². The summed E-state index contributed by atoms with van der Waals surface area (Å²) in [6.45, 7) is 7.85. The van der Waals surface area contributed by atoms with Gasteiger partial charge in [0.2, 0.25) is 0 Å². The van der Waals surface area contributed by atoms with Crippen molar-refractivity contribution in [3.63, 3.8) is 0 Å². The molecule has 1 aliphatic rings. The maximum Gasteiger partial charge on any atom is 0.171 e. The third-order valence-corrected chi connectivity index (χ3v) is 3.97. The van der Waals surface area contributed by atoms with Gasteiger partial charge in [0.05, 0.1) is 31.5 Å². The molecule has 23 heavy (non-hydrogen) atoms. The van der Waals surface area contributed by atoms with Crippen LogP contribution < -0.4 is 9.47 Å². The number of methoxy groups -OCH3 is 1. The number of rotatable bonds is 8. The topological polar surface area (TPSA) is 48.0 Å². The van der Waals surface area contributed by atoms with Gasteiger partial charge in [-0.3, -0.25) is 9.69 Å². The van der Waals surface area contributed by atoms with Gasteiger partial charge in [-0.15, -0.1) is 0 Å². The molecule has 0 saturated carbocycles. The van der Waals surface area contributed by atoms with Crippen LogP contribution >= 0.6 is 0 Å². The zero-order valence-electron chi connectivity index (χ0n) is 14.3. The van der Waals surface area contributed by atoms with Crippen LogP contribution in [0.15, 0.2) is 18.2 Å². The molecule has 0 unspecified atom stereocenters. The molecule has 0 amide bonds. The molecule has 2 rings (SSSR count). The molecule has 2 atom stereocenters. The van der Waals surface area contributed by atoms with E-state index >= 15 is 0 Å². The molecule has 1 fully saturated rings. The highest BCUT2D eigenvalue weighted by atomic mass is 16.5. The van der Waals surface area contributed by atoms with Gasteiger partial charge in [0.25, 0.3) is 0 Å². The van der Waals surface area contributed by atoms with E-state index in [2.05, 4.69) is 18.7 Å². The molecule has 1 aliphatic heterocycles. The zero-order chi connectivity index (χ0) is 16.7. The number of para-hydroxylation sites is 1. The number of aldehydes is 1. The summed E-state index contributed by atoms with van der Waals surface area (Å²) in [5.74, 6) is 1.14. The Labute approximate surface area is 138 Å². The van der Waals surface area contributed by atoms with E-state index in [0.29, 0.717) is 35.9 Å². The van der Waals surface area contributed by atoms with Crippen molar-refractivity contribution in [2.24, 2.45) is 0 Å². The van der Waals surface area contributed by atoms with Gasteiger partial charge in [-0.1, -0.05) is 6.07 Å². The van der Waals surface area contributed by atoms with Crippen molar-refractivity contribution in [2.75, 3.05) is 33.4 Å². The summed E-state index contributed by atoms with van der Waals surface area (Å²) in [5, 5.41) is 0. The molecule has 0 aliphatic carbocycles. The molecule has 0 radical (unpaired) electrons. The fourth-order valence-electron chi connectivity index (χ4n) is 3.02. The zero-order valence-corrected chi connectivity index (χ0v) is 14.3. The second kappa shape index (κ2) is 8.89. The largest absolute Gasteiger partial charge is 0.493 e. The summed E-state index contributed by atoms with van der Waals surface area (Å²) in [6, 6.07) is 5.33. The van der Waals surface area contributed by atoms with Crippen LogP contribution in [-0.4, -0.2) is 56.7 Å². The summed E-state index contributed by atoms with van der Waals surface area (Å²) in [4.78, 5) is 13.5. The Kier molecular flexibility index (Phi) is 6.86. The van der Waals surface area contributed by atoms with Crippen LogP contribution in [0.2, 0.25) is 0 Å². The second-order valence-electron chi connectivity index (χ2n) is 6.07. The lowest BCUT2D eigenvalue weighted by molar-refractivity contribution is -0.0682. The second-order valence-corrected chi connectivity index (χ2v) is 6.07. The third-order valence-electron chi connectivity index (χ3n) is 3.97. The summed E-state index contributed by atoms with van der Waals surface area (Å²) >= 11 is 0. The highest BCUT2D eigenvalue weighted by molar-refractivity contribution is 5.81. The van der Waals surface area contributed by atoms with Gasteiger partial charge in [0.15, 0.2) is 17.8 Å². The Hall–Kier alpha value is -1.59. The minimum absolute atomic E-state index is 0.304. The molecular formula is C18H27NO4. The van der Waals surface area contributed by atoms with E-state index < -0.39 is 0 Å². The minimum Gasteiger partial charge on any atom is -0.493 e. The van der Waals surface area contributed by atoms with E-state index in [4.69, 9.17) is 14.2 Å². The molecule has 5 heteroatoms. The Morgan fingerprint density at radius 1 is 1.26 bits per heavy atom. The van der Waals surface area contributed by atoms with Crippen LogP contribution in [0.25, 0.3) is 0 Å². The standard InChI is InChI=1S/C18H27NO4/c1-14-11-19(12-15(2)23-14)9-4-5-10-22-18-16(13-20)7-6-8-17(18)21-3/h6-8,13-15H,4-5,9-12H2,1-3H3/t14-,15-/m1/s1. The van der Waals surface area contributed by atoms with Crippen molar-refractivity contribution in [1.82, 2.24) is 4.90 Å². The number of nitrogens with zero attached hydrogens (tertiary/aromatic N) is 1. The van der Waals surface area contributed by atoms with Gasteiger partial charge in [0, 0.05) is 13.1 Å². The molecule has 0 N–H and O–H groups in total. The summed E-state index contributed by atoms with van der Waals surface area (Å²) in [7, 11) is 1.58. The predicted molar refractivity (Wildman–Crippen MR) is 89.6 cm³/mol. The smallest absolute Gasteiger partial charge is 0.171 e. The Balaban J connectivity index is 1.74. The number of hydrogen-bond acceptors (Lipinski definition) is 5. The highest BCUT2D eigenvalue weighted by Crippen LogP contribution is 2.30. The number of carbonyl (C=O) groups is 1. The Morgan fingerprint density at radius 3 is 2.65 bits per heavy atom. The normalized spacial score (nSPS) is 21.9. The molecule has 0 spiro atoms. The number of unbranched alkanes of at least 4 members (excludes halogenated alkanes) is 1. The molecule has 1 saturated heterocycles. The van der Waals surface area contributed by atoms with Crippen LogP contribution in [-0.2, 0) is 4.74 Å². The molecule has 5 nitrogen and oxygen atoms in total. The van der Waals surface area contributed by atoms with Gasteiger partial charge in [-0.25, -0.2) is 0 Å². The van der Waals surface area contributed by atoms with Gasteiger partial charge in [0.1, 0.15) is 0 Å². The van der Waals surface area contributed by atoms with Crippen molar-refractivity contribution >= 4 is 6.29 Å². The van der Waals surface area contributed by atoms with Crippen molar-refractivity contribution in [3.05, 3.63) is 23.8 Å². The van der Waals surface area contributed by atoms with Crippen molar-refractivity contribution in [1.29, 1.82) is 0 Å². The highest BCUT2D eigenvalue weighted by Gasteiger charge is 2.21. The van der Waals surface area contributed by atoms with Crippen LogP contribution in [0, 0.1) is 0 Å². The average molecular weight is 321 g/mol. The number of hydrogen-bond donors (Lipinski definition) is 0. The van der Waals surface area contributed by atoms with Gasteiger partial charge < -0.3 is 14.2 Å². The van der Waals surface area contributed by atoms with E-state index in [0.717, 1.165) is 38.8 Å². The first kappa shape index (κ1) is 17.8. The fourth-order valence-corrected chi connectivity index (χ4v) is 3.02. The number of ether oxygens (including phenoxy) is 3. The number of carbonyl (C=O) groups excluding carboxylic acids is 1. The Bertz CT molecular complexity index is 496. The first-order valence-electron chi connectivity index (χ1n) is 8.26. The lowest BCUT2D eigenvalue weighted by Crippen LogP contribution is -2.45. The quantitative estimate of drug-likeness (QED) is 0.544. The fraction of sp³-hybridized carbons (Fsp3) is 0.611. The third kappa shape index (κ3) is 5.22. The molecular weight excluding hydrogens is 294 g/mol. The van der Waals surface area contributed by atoms with Crippen LogP contribution in [0.4, 0.5) is 0 Å². The maximum atomic E-state index is 11.1. The molecule has 0 bridgehead atoms. The van der Waals surface area contributed by atoms with Gasteiger partial charge >= 0.3 is 0 Å². The van der Waals surface area contributed by atoms with E-state index in [1.807, 2.05) is 0 Å². The summed E-state index contributed by atoms with van der Waals surface area (Å²) in [5.41, 5.74) is 0.528. The van der Waals surface area contributed by atoms with E-state index in [9.17, 15) is 4.79 Å². The summed E-state index contributed by atoms with van der Waals surface area (Å²) in [6.07, 6.45) is 3.41. The lowest BCUT2D eigenvalue weighted by Gasteiger charge is -2.35. The first-order chi connectivity index (χ1) is 11.1. The summed E-state index contributed by atoms with van der Waals surface area (Å²) < 4.78 is 16.8. The van der Waals surface area contributed by atoms with Crippen molar-refractivity contribution in [3.8, 4) is 11.5 Å².